The summed E-state index contributed by atoms with van der Waals surface area (Å²) in [6, 6.07) is 3.03. The first-order chi connectivity index (χ1) is 9.54. The molecule has 0 aliphatic carbocycles. The minimum atomic E-state index is -0.974. The summed E-state index contributed by atoms with van der Waals surface area (Å²) in [5, 5.41) is 9.08. The Kier molecular flexibility index (Phi) is 7.01. The minimum absolute atomic E-state index is 0.150. The lowest BCUT2D eigenvalue weighted by Gasteiger charge is -2.10. The molecule has 0 unspecified atom stereocenters. The molecule has 0 aromatic carbocycles. The number of hydrogen-bond donors (Lipinski definition) is 1. The number of carboxylic acid groups (broad SMARTS) is 1. The Bertz CT molecular complexity index is 432. The van der Waals surface area contributed by atoms with Crippen LogP contribution in [0.3, 0.4) is 0 Å². The van der Waals surface area contributed by atoms with Gasteiger partial charge in [0.15, 0.2) is 0 Å². The van der Waals surface area contributed by atoms with Crippen molar-refractivity contribution in [3.8, 4) is 5.88 Å². The zero-order valence-electron chi connectivity index (χ0n) is 12.4. The molecule has 0 saturated heterocycles. The molecule has 0 atom stereocenters. The molecule has 1 heterocycles. The molecule has 1 N–H and O–H groups in total. The van der Waals surface area contributed by atoms with Crippen LogP contribution in [-0.2, 0) is 4.74 Å². The van der Waals surface area contributed by atoms with Crippen molar-refractivity contribution in [2.24, 2.45) is 0 Å². The summed E-state index contributed by atoms with van der Waals surface area (Å²) in [4.78, 5) is 15.4. The number of aromatic carboxylic acids is 1. The number of ether oxygens (including phenoxy) is 2. The number of pyridine rings is 1. The van der Waals surface area contributed by atoms with E-state index in [1.54, 1.807) is 6.07 Å². The van der Waals surface area contributed by atoms with Gasteiger partial charge in [-0.3, -0.25) is 0 Å². The first-order valence-electron chi connectivity index (χ1n) is 7.00. The van der Waals surface area contributed by atoms with Crippen molar-refractivity contribution in [3.05, 3.63) is 23.4 Å². The van der Waals surface area contributed by atoms with E-state index in [4.69, 9.17) is 14.6 Å². The van der Waals surface area contributed by atoms with Gasteiger partial charge in [-0.15, -0.1) is 0 Å². The van der Waals surface area contributed by atoms with Gasteiger partial charge in [0.05, 0.1) is 12.2 Å². The molecule has 0 radical (unpaired) electrons. The number of aromatic nitrogens is 1. The van der Waals surface area contributed by atoms with Crippen LogP contribution in [-0.4, -0.2) is 35.9 Å². The molecule has 0 spiro atoms. The van der Waals surface area contributed by atoms with Crippen molar-refractivity contribution in [2.75, 3.05) is 19.8 Å². The van der Waals surface area contributed by atoms with Gasteiger partial charge < -0.3 is 14.6 Å². The van der Waals surface area contributed by atoms with E-state index in [0.717, 1.165) is 19.4 Å². The lowest BCUT2D eigenvalue weighted by Crippen LogP contribution is -2.10. The van der Waals surface area contributed by atoms with E-state index < -0.39 is 5.97 Å². The second-order valence-corrected chi connectivity index (χ2v) is 4.89. The van der Waals surface area contributed by atoms with Gasteiger partial charge in [0.2, 0.25) is 5.88 Å². The minimum Gasteiger partial charge on any atom is -0.478 e. The number of carboxylic acids is 1. The number of hydrogen-bond acceptors (Lipinski definition) is 4. The van der Waals surface area contributed by atoms with Crippen LogP contribution in [0.4, 0.5) is 0 Å². The second kappa shape index (κ2) is 8.53. The molecule has 1 aromatic rings. The fourth-order valence-corrected chi connectivity index (χ4v) is 1.57. The highest BCUT2D eigenvalue weighted by molar-refractivity contribution is 5.88. The highest BCUT2D eigenvalue weighted by Gasteiger charge is 2.11. The maximum atomic E-state index is 11.1. The van der Waals surface area contributed by atoms with Crippen LogP contribution in [0.1, 0.15) is 55.6 Å². The van der Waals surface area contributed by atoms with Crippen molar-refractivity contribution in [1.29, 1.82) is 0 Å². The molecule has 1 rings (SSSR count). The van der Waals surface area contributed by atoms with Crippen LogP contribution in [0.15, 0.2) is 12.1 Å². The number of rotatable bonds is 9. The first kappa shape index (κ1) is 16.4. The molecule has 20 heavy (non-hydrogen) atoms. The Morgan fingerprint density at radius 3 is 2.65 bits per heavy atom. The van der Waals surface area contributed by atoms with E-state index in [9.17, 15) is 4.79 Å². The number of carbonyl (C=O) groups is 1. The Hall–Kier alpha value is -1.62. The standard InChI is InChI=1S/C15H23NO4/c1-4-5-6-19-7-8-20-14-10-12(15(17)18)9-13(16-14)11(2)3/h9-11H,4-8H2,1-3H3,(H,17,18). The SMILES string of the molecule is CCCCOCCOc1cc(C(=O)O)cc(C(C)C)n1. The fourth-order valence-electron chi connectivity index (χ4n) is 1.57. The predicted molar refractivity (Wildman–Crippen MR) is 76.5 cm³/mol. The van der Waals surface area contributed by atoms with Gasteiger partial charge in [0.1, 0.15) is 6.61 Å². The third-order valence-electron chi connectivity index (χ3n) is 2.78. The summed E-state index contributed by atoms with van der Waals surface area (Å²) in [6.45, 7) is 7.61. The first-order valence-corrected chi connectivity index (χ1v) is 7.00. The molecule has 0 saturated carbocycles. The van der Waals surface area contributed by atoms with Crippen molar-refractivity contribution in [1.82, 2.24) is 4.98 Å². The lowest BCUT2D eigenvalue weighted by molar-refractivity contribution is 0.0695. The highest BCUT2D eigenvalue weighted by atomic mass is 16.5. The van der Waals surface area contributed by atoms with Crippen LogP contribution in [0, 0.1) is 0 Å². The number of nitrogens with zero attached hydrogens (tertiary/aromatic N) is 1. The average Bonchev–Trinajstić information content (AvgIpc) is 2.42. The van der Waals surface area contributed by atoms with Gasteiger partial charge >= 0.3 is 5.97 Å². The maximum Gasteiger partial charge on any atom is 0.335 e. The summed E-state index contributed by atoms with van der Waals surface area (Å²) in [5.74, 6) is -0.483. The molecular formula is C15H23NO4. The topological polar surface area (TPSA) is 68.7 Å². The van der Waals surface area contributed by atoms with Gasteiger partial charge in [0, 0.05) is 18.4 Å². The van der Waals surface area contributed by atoms with Gasteiger partial charge in [-0.1, -0.05) is 27.2 Å². The van der Waals surface area contributed by atoms with E-state index in [-0.39, 0.29) is 11.5 Å². The quantitative estimate of drug-likeness (QED) is 0.704. The molecule has 0 amide bonds. The van der Waals surface area contributed by atoms with Crippen molar-refractivity contribution in [3.63, 3.8) is 0 Å². The number of unbranched alkanes of at least 4 members (excludes halogenated alkanes) is 1. The Morgan fingerprint density at radius 2 is 2.05 bits per heavy atom. The van der Waals surface area contributed by atoms with Gasteiger partial charge in [-0.2, -0.15) is 0 Å². The predicted octanol–water partition coefficient (Wildman–Crippen LogP) is 3.10. The molecule has 0 aliphatic rings. The van der Waals surface area contributed by atoms with Crippen LogP contribution in [0.25, 0.3) is 0 Å². The Balaban J connectivity index is 2.58. The Morgan fingerprint density at radius 1 is 1.30 bits per heavy atom. The second-order valence-electron chi connectivity index (χ2n) is 4.89. The molecule has 5 nitrogen and oxygen atoms in total. The monoisotopic (exact) mass is 281 g/mol. The zero-order valence-corrected chi connectivity index (χ0v) is 12.4. The summed E-state index contributed by atoms with van der Waals surface area (Å²) < 4.78 is 10.9. The molecule has 0 aliphatic heterocycles. The third-order valence-corrected chi connectivity index (χ3v) is 2.78. The molecule has 0 fully saturated rings. The zero-order chi connectivity index (χ0) is 15.0. The molecular weight excluding hydrogens is 258 g/mol. The molecule has 1 aromatic heterocycles. The van der Waals surface area contributed by atoms with E-state index in [0.29, 0.717) is 24.8 Å². The normalized spacial score (nSPS) is 10.8. The maximum absolute atomic E-state index is 11.1. The largest absolute Gasteiger partial charge is 0.478 e. The van der Waals surface area contributed by atoms with Crippen LogP contribution in [0.5, 0.6) is 5.88 Å². The van der Waals surface area contributed by atoms with Crippen molar-refractivity contribution in [2.45, 2.75) is 39.5 Å². The molecule has 112 valence electrons. The molecule has 5 heteroatoms. The van der Waals surface area contributed by atoms with E-state index in [1.807, 2.05) is 13.8 Å². The van der Waals surface area contributed by atoms with Gasteiger partial charge in [-0.05, 0) is 18.4 Å². The summed E-state index contributed by atoms with van der Waals surface area (Å²) in [5.41, 5.74) is 0.914. The highest BCUT2D eigenvalue weighted by Crippen LogP contribution is 2.19. The molecule has 0 bridgehead atoms. The summed E-state index contributed by atoms with van der Waals surface area (Å²) in [6.07, 6.45) is 2.13. The van der Waals surface area contributed by atoms with E-state index in [2.05, 4.69) is 11.9 Å². The smallest absolute Gasteiger partial charge is 0.335 e. The summed E-state index contributed by atoms with van der Waals surface area (Å²) in [7, 11) is 0. The average molecular weight is 281 g/mol. The van der Waals surface area contributed by atoms with Crippen LogP contribution < -0.4 is 4.74 Å². The van der Waals surface area contributed by atoms with Crippen molar-refractivity contribution < 1.29 is 19.4 Å². The Labute approximate surface area is 119 Å². The van der Waals surface area contributed by atoms with E-state index in [1.165, 1.54) is 6.07 Å². The van der Waals surface area contributed by atoms with Crippen LogP contribution in [0.2, 0.25) is 0 Å². The summed E-state index contributed by atoms with van der Waals surface area (Å²) >= 11 is 0. The lowest BCUT2D eigenvalue weighted by atomic mass is 10.1. The van der Waals surface area contributed by atoms with E-state index >= 15 is 0 Å². The van der Waals surface area contributed by atoms with Gasteiger partial charge in [0.25, 0.3) is 0 Å². The van der Waals surface area contributed by atoms with Gasteiger partial charge in [-0.25, -0.2) is 9.78 Å². The van der Waals surface area contributed by atoms with Crippen LogP contribution >= 0.6 is 0 Å². The third kappa shape index (κ3) is 5.57. The van der Waals surface area contributed by atoms with Crippen molar-refractivity contribution >= 4 is 5.97 Å². The fraction of sp³-hybridized carbons (Fsp3) is 0.600.